The van der Waals surface area contributed by atoms with Gasteiger partial charge in [0.15, 0.2) is 0 Å². The Balaban J connectivity index is 2.40. The molecule has 1 aromatic carbocycles. The Hall–Kier alpha value is -0.910. The lowest BCUT2D eigenvalue weighted by atomic mass is 10.1. The molecule has 0 bridgehead atoms. The third kappa shape index (κ3) is 7.07. The SMILES string of the molecule is Cc1ccc(CN(C)S(=O)(=O)CCCCNC(C)C)cc1. The Morgan fingerprint density at radius 3 is 2.33 bits per heavy atom. The smallest absolute Gasteiger partial charge is 0.214 e. The number of nitrogens with one attached hydrogen (secondary N) is 1. The number of nitrogens with zero attached hydrogens (tertiary/aromatic N) is 1. The number of aryl methyl sites for hydroxylation is 1. The Bertz CT molecular complexity index is 510. The van der Waals surface area contributed by atoms with Gasteiger partial charge in [0.1, 0.15) is 0 Å². The maximum Gasteiger partial charge on any atom is 0.214 e. The van der Waals surface area contributed by atoms with Crippen LogP contribution in [0, 0.1) is 6.92 Å². The minimum atomic E-state index is -3.16. The van der Waals surface area contributed by atoms with Gasteiger partial charge in [0, 0.05) is 19.6 Å². The summed E-state index contributed by atoms with van der Waals surface area (Å²) in [6.45, 7) is 7.51. The first-order valence-corrected chi connectivity index (χ1v) is 9.15. The average Bonchev–Trinajstić information content (AvgIpc) is 2.40. The second kappa shape index (κ2) is 8.51. The van der Waals surface area contributed by atoms with Gasteiger partial charge >= 0.3 is 0 Å². The van der Waals surface area contributed by atoms with E-state index in [0.29, 0.717) is 19.0 Å². The zero-order chi connectivity index (χ0) is 15.9. The van der Waals surface area contributed by atoms with Gasteiger partial charge in [-0.1, -0.05) is 43.7 Å². The van der Waals surface area contributed by atoms with Gasteiger partial charge in [-0.25, -0.2) is 12.7 Å². The van der Waals surface area contributed by atoms with Crippen molar-refractivity contribution >= 4 is 10.0 Å². The van der Waals surface area contributed by atoms with Crippen molar-refractivity contribution in [1.82, 2.24) is 9.62 Å². The van der Waals surface area contributed by atoms with Crippen LogP contribution in [-0.4, -0.2) is 38.1 Å². The number of hydrogen-bond acceptors (Lipinski definition) is 3. The predicted molar refractivity (Wildman–Crippen MR) is 88.8 cm³/mol. The molecule has 21 heavy (non-hydrogen) atoms. The van der Waals surface area contributed by atoms with Crippen LogP contribution < -0.4 is 5.32 Å². The van der Waals surface area contributed by atoms with Crippen LogP contribution in [-0.2, 0) is 16.6 Å². The molecule has 0 fully saturated rings. The molecular weight excluding hydrogens is 284 g/mol. The van der Waals surface area contributed by atoms with Gasteiger partial charge in [0.05, 0.1) is 5.75 Å². The van der Waals surface area contributed by atoms with Crippen LogP contribution in [0.5, 0.6) is 0 Å². The van der Waals surface area contributed by atoms with Gasteiger partial charge in [-0.15, -0.1) is 0 Å². The lowest BCUT2D eigenvalue weighted by Gasteiger charge is -2.17. The first-order valence-electron chi connectivity index (χ1n) is 7.54. The largest absolute Gasteiger partial charge is 0.315 e. The van der Waals surface area contributed by atoms with E-state index in [2.05, 4.69) is 19.2 Å². The van der Waals surface area contributed by atoms with Crippen LogP contribution in [0.15, 0.2) is 24.3 Å². The van der Waals surface area contributed by atoms with E-state index in [1.54, 1.807) is 7.05 Å². The highest BCUT2D eigenvalue weighted by atomic mass is 32.2. The number of unbranched alkanes of at least 4 members (excludes halogenated alkanes) is 1. The van der Waals surface area contributed by atoms with E-state index in [-0.39, 0.29) is 5.75 Å². The molecule has 0 atom stereocenters. The molecule has 0 amide bonds. The van der Waals surface area contributed by atoms with Crippen LogP contribution >= 0.6 is 0 Å². The molecule has 5 heteroatoms. The Kier molecular flexibility index (Phi) is 7.35. The third-order valence-corrected chi connectivity index (χ3v) is 5.27. The van der Waals surface area contributed by atoms with Crippen LogP contribution in [0.3, 0.4) is 0 Å². The van der Waals surface area contributed by atoms with E-state index in [0.717, 1.165) is 18.5 Å². The summed E-state index contributed by atoms with van der Waals surface area (Å²) in [7, 11) is -1.51. The topological polar surface area (TPSA) is 49.4 Å². The lowest BCUT2D eigenvalue weighted by Crippen LogP contribution is -2.29. The van der Waals surface area contributed by atoms with Crippen molar-refractivity contribution in [3.8, 4) is 0 Å². The molecule has 1 rings (SSSR count). The third-order valence-electron chi connectivity index (χ3n) is 3.38. The average molecular weight is 312 g/mol. The van der Waals surface area contributed by atoms with Crippen molar-refractivity contribution in [1.29, 1.82) is 0 Å². The Labute approximate surface area is 129 Å². The summed E-state index contributed by atoms with van der Waals surface area (Å²) in [6, 6.07) is 8.42. The summed E-state index contributed by atoms with van der Waals surface area (Å²) in [5.74, 6) is 0.217. The van der Waals surface area contributed by atoms with Gasteiger partial charge in [0.2, 0.25) is 10.0 Å². The summed E-state index contributed by atoms with van der Waals surface area (Å²) in [5, 5.41) is 3.30. The minimum absolute atomic E-state index is 0.217. The molecule has 0 unspecified atom stereocenters. The van der Waals surface area contributed by atoms with Crippen molar-refractivity contribution in [3.05, 3.63) is 35.4 Å². The van der Waals surface area contributed by atoms with Crippen LogP contribution in [0.25, 0.3) is 0 Å². The second-order valence-corrected chi connectivity index (χ2v) is 8.07. The highest BCUT2D eigenvalue weighted by molar-refractivity contribution is 7.89. The van der Waals surface area contributed by atoms with Crippen LogP contribution in [0.4, 0.5) is 0 Å². The van der Waals surface area contributed by atoms with Crippen LogP contribution in [0.2, 0.25) is 0 Å². The molecule has 0 radical (unpaired) electrons. The summed E-state index contributed by atoms with van der Waals surface area (Å²) in [5.41, 5.74) is 2.20. The molecule has 0 aromatic heterocycles. The first kappa shape index (κ1) is 18.1. The molecular formula is C16H28N2O2S. The van der Waals surface area contributed by atoms with E-state index >= 15 is 0 Å². The number of sulfonamides is 1. The van der Waals surface area contributed by atoms with E-state index in [1.165, 1.54) is 9.87 Å². The summed E-state index contributed by atoms with van der Waals surface area (Å²) in [4.78, 5) is 0. The highest BCUT2D eigenvalue weighted by Gasteiger charge is 2.17. The zero-order valence-corrected chi connectivity index (χ0v) is 14.4. The minimum Gasteiger partial charge on any atom is -0.315 e. The molecule has 0 saturated carbocycles. The van der Waals surface area contributed by atoms with E-state index in [1.807, 2.05) is 31.2 Å². The number of hydrogen-bond donors (Lipinski definition) is 1. The second-order valence-electron chi connectivity index (χ2n) is 5.87. The quantitative estimate of drug-likeness (QED) is 0.713. The molecule has 4 nitrogen and oxygen atoms in total. The van der Waals surface area contributed by atoms with Gasteiger partial charge in [-0.3, -0.25) is 0 Å². The molecule has 0 aliphatic carbocycles. The van der Waals surface area contributed by atoms with Gasteiger partial charge in [0.25, 0.3) is 0 Å². The Morgan fingerprint density at radius 1 is 1.14 bits per heavy atom. The predicted octanol–water partition coefficient (Wildman–Crippen LogP) is 2.53. The molecule has 1 aromatic rings. The van der Waals surface area contributed by atoms with Crippen molar-refractivity contribution in [3.63, 3.8) is 0 Å². The fraction of sp³-hybridized carbons (Fsp3) is 0.625. The molecule has 120 valence electrons. The number of rotatable bonds is 9. The maximum atomic E-state index is 12.2. The van der Waals surface area contributed by atoms with Crippen molar-refractivity contribution in [2.24, 2.45) is 0 Å². The molecule has 0 aliphatic rings. The maximum absolute atomic E-state index is 12.2. The molecule has 0 spiro atoms. The summed E-state index contributed by atoms with van der Waals surface area (Å²) >= 11 is 0. The van der Waals surface area contributed by atoms with Crippen LogP contribution in [0.1, 0.15) is 37.8 Å². The molecule has 1 N–H and O–H groups in total. The highest BCUT2D eigenvalue weighted by Crippen LogP contribution is 2.10. The fourth-order valence-corrected chi connectivity index (χ4v) is 3.23. The normalized spacial score (nSPS) is 12.3. The molecule has 0 heterocycles. The van der Waals surface area contributed by atoms with E-state index in [4.69, 9.17) is 0 Å². The standard InChI is InChI=1S/C16H28N2O2S/c1-14(2)17-11-5-6-12-21(19,20)18(4)13-16-9-7-15(3)8-10-16/h7-10,14,17H,5-6,11-13H2,1-4H3. The summed E-state index contributed by atoms with van der Waals surface area (Å²) < 4.78 is 25.9. The Morgan fingerprint density at radius 2 is 1.76 bits per heavy atom. The van der Waals surface area contributed by atoms with E-state index in [9.17, 15) is 8.42 Å². The van der Waals surface area contributed by atoms with Crippen molar-refractivity contribution < 1.29 is 8.42 Å². The van der Waals surface area contributed by atoms with Crippen molar-refractivity contribution in [2.75, 3.05) is 19.3 Å². The first-order chi connectivity index (χ1) is 9.81. The van der Waals surface area contributed by atoms with E-state index < -0.39 is 10.0 Å². The molecule has 0 saturated heterocycles. The van der Waals surface area contributed by atoms with Gasteiger partial charge in [-0.2, -0.15) is 0 Å². The number of benzene rings is 1. The lowest BCUT2D eigenvalue weighted by molar-refractivity contribution is 0.463. The fourth-order valence-electron chi connectivity index (χ4n) is 2.00. The zero-order valence-electron chi connectivity index (χ0n) is 13.6. The van der Waals surface area contributed by atoms with Crippen molar-refractivity contribution in [2.45, 2.75) is 46.2 Å². The monoisotopic (exact) mass is 312 g/mol. The molecule has 0 aliphatic heterocycles. The van der Waals surface area contributed by atoms with Gasteiger partial charge < -0.3 is 5.32 Å². The van der Waals surface area contributed by atoms with Gasteiger partial charge in [-0.05, 0) is 31.9 Å². The summed E-state index contributed by atoms with van der Waals surface area (Å²) in [6.07, 6.45) is 1.58.